The summed E-state index contributed by atoms with van der Waals surface area (Å²) < 4.78 is 6.34. The molecule has 4 heteroatoms. The van der Waals surface area contributed by atoms with Crippen LogP contribution in [0, 0.1) is 0 Å². The van der Waals surface area contributed by atoms with Crippen molar-refractivity contribution in [2.75, 3.05) is 19.7 Å². The molecule has 2 aromatic rings. The smallest absolute Gasteiger partial charge is 0.0691 e. The Kier molecular flexibility index (Phi) is 6.35. The van der Waals surface area contributed by atoms with E-state index in [-0.39, 0.29) is 11.0 Å². The maximum atomic E-state index is 6.34. The van der Waals surface area contributed by atoms with Crippen LogP contribution in [-0.2, 0) is 16.6 Å². The summed E-state index contributed by atoms with van der Waals surface area (Å²) in [6.45, 7) is 2.86. The Bertz CT molecular complexity index is 743. The molecule has 1 spiro atoms. The van der Waals surface area contributed by atoms with Crippen LogP contribution >= 0.6 is 11.6 Å². The Labute approximate surface area is 173 Å². The van der Waals surface area contributed by atoms with Gasteiger partial charge in [-0.25, -0.2) is 0 Å². The summed E-state index contributed by atoms with van der Waals surface area (Å²) in [6, 6.07) is 14.5. The Hall–Kier alpha value is -1.42. The summed E-state index contributed by atoms with van der Waals surface area (Å²) in [5, 5.41) is 4.47. The molecule has 2 heterocycles. The second kappa shape index (κ2) is 8.94. The van der Waals surface area contributed by atoms with Gasteiger partial charge in [0.2, 0.25) is 0 Å². The fourth-order valence-corrected chi connectivity index (χ4v) is 5.26. The van der Waals surface area contributed by atoms with Gasteiger partial charge in [0.25, 0.3) is 0 Å². The number of pyridine rings is 1. The molecule has 1 aromatic carbocycles. The number of benzene rings is 1. The standard InChI is InChI=1S/C24H31ClN2O/c25-21-8-6-20(7-9-21)10-16-26-17-13-23(22-5-1-4-15-27-22)14-18-28-24(19-23)11-2-3-12-24/h1,4-9,15,26H,2-3,10-14,16-19H2/t23-/m1/s1. The summed E-state index contributed by atoms with van der Waals surface area (Å²) in [7, 11) is 0. The Morgan fingerprint density at radius 3 is 2.57 bits per heavy atom. The van der Waals surface area contributed by atoms with Crippen molar-refractivity contribution in [2.24, 2.45) is 0 Å². The van der Waals surface area contributed by atoms with Crippen LogP contribution in [0.1, 0.15) is 56.2 Å². The van der Waals surface area contributed by atoms with E-state index in [4.69, 9.17) is 21.3 Å². The van der Waals surface area contributed by atoms with E-state index in [1.165, 1.54) is 36.9 Å². The van der Waals surface area contributed by atoms with Crippen LogP contribution in [0.2, 0.25) is 5.02 Å². The third kappa shape index (κ3) is 4.59. The predicted molar refractivity (Wildman–Crippen MR) is 115 cm³/mol. The lowest BCUT2D eigenvalue weighted by Gasteiger charge is -2.46. The normalized spacial score (nSPS) is 23.9. The first kappa shape index (κ1) is 19.9. The highest BCUT2D eigenvalue weighted by Crippen LogP contribution is 2.49. The number of ether oxygens (including phenoxy) is 1. The van der Waals surface area contributed by atoms with E-state index in [0.29, 0.717) is 0 Å². The lowest BCUT2D eigenvalue weighted by molar-refractivity contribution is -0.104. The van der Waals surface area contributed by atoms with Crippen molar-refractivity contribution in [2.45, 2.75) is 62.4 Å². The monoisotopic (exact) mass is 398 g/mol. The molecular weight excluding hydrogens is 368 g/mol. The third-order valence-electron chi connectivity index (χ3n) is 6.66. The highest BCUT2D eigenvalue weighted by Gasteiger charge is 2.48. The fraction of sp³-hybridized carbons (Fsp3) is 0.542. The molecule has 0 unspecified atom stereocenters. The van der Waals surface area contributed by atoms with Gasteiger partial charge in [0.05, 0.1) is 5.60 Å². The Balaban J connectivity index is 1.38. The molecule has 0 radical (unpaired) electrons. The maximum Gasteiger partial charge on any atom is 0.0691 e. The third-order valence-corrected chi connectivity index (χ3v) is 6.91. The molecule has 4 rings (SSSR count). The van der Waals surface area contributed by atoms with Crippen molar-refractivity contribution in [1.82, 2.24) is 10.3 Å². The molecule has 1 aromatic heterocycles. The minimum absolute atomic E-state index is 0.0963. The summed E-state index contributed by atoms with van der Waals surface area (Å²) in [6.07, 6.45) is 11.3. The molecule has 0 amide bonds. The van der Waals surface area contributed by atoms with E-state index < -0.39 is 0 Å². The number of nitrogens with zero attached hydrogens (tertiary/aromatic N) is 1. The highest BCUT2D eigenvalue weighted by atomic mass is 35.5. The zero-order valence-electron chi connectivity index (χ0n) is 16.6. The topological polar surface area (TPSA) is 34.2 Å². The van der Waals surface area contributed by atoms with Crippen molar-refractivity contribution in [3.8, 4) is 0 Å². The molecule has 1 saturated heterocycles. The first-order valence-corrected chi connectivity index (χ1v) is 11.1. The molecule has 2 fully saturated rings. The Morgan fingerprint density at radius 1 is 1.00 bits per heavy atom. The van der Waals surface area contributed by atoms with Gasteiger partial charge in [0.1, 0.15) is 0 Å². The van der Waals surface area contributed by atoms with E-state index in [1.54, 1.807) is 0 Å². The first-order chi connectivity index (χ1) is 13.7. The zero-order valence-corrected chi connectivity index (χ0v) is 17.4. The average molecular weight is 399 g/mol. The number of hydrogen-bond donors (Lipinski definition) is 1. The van der Waals surface area contributed by atoms with Gasteiger partial charge in [-0.2, -0.15) is 0 Å². The maximum absolute atomic E-state index is 6.34. The minimum Gasteiger partial charge on any atom is -0.375 e. The van der Waals surface area contributed by atoms with Crippen molar-refractivity contribution >= 4 is 11.6 Å². The molecule has 1 aliphatic carbocycles. The van der Waals surface area contributed by atoms with Gasteiger partial charge >= 0.3 is 0 Å². The number of hydrogen-bond acceptors (Lipinski definition) is 3. The van der Waals surface area contributed by atoms with Gasteiger partial charge in [0.15, 0.2) is 0 Å². The quantitative estimate of drug-likeness (QED) is 0.641. The molecule has 0 bridgehead atoms. The predicted octanol–water partition coefficient (Wildman–Crippen LogP) is 5.32. The number of nitrogens with one attached hydrogen (secondary N) is 1. The van der Waals surface area contributed by atoms with E-state index in [9.17, 15) is 0 Å². The number of rotatable bonds is 7. The van der Waals surface area contributed by atoms with Crippen LogP contribution < -0.4 is 5.32 Å². The van der Waals surface area contributed by atoms with Crippen LogP contribution in [0.25, 0.3) is 0 Å². The van der Waals surface area contributed by atoms with Crippen LogP contribution in [0.3, 0.4) is 0 Å². The fourth-order valence-electron chi connectivity index (χ4n) is 5.13. The van der Waals surface area contributed by atoms with Gasteiger partial charge in [0, 0.05) is 28.9 Å². The van der Waals surface area contributed by atoms with Crippen LogP contribution in [0.15, 0.2) is 48.7 Å². The van der Waals surface area contributed by atoms with E-state index in [0.717, 1.165) is 50.4 Å². The van der Waals surface area contributed by atoms with Gasteiger partial charge < -0.3 is 10.1 Å². The van der Waals surface area contributed by atoms with Gasteiger partial charge in [-0.3, -0.25) is 4.98 Å². The molecule has 2 aliphatic rings. The van der Waals surface area contributed by atoms with Crippen molar-refractivity contribution in [3.63, 3.8) is 0 Å². The first-order valence-electron chi connectivity index (χ1n) is 10.7. The molecular formula is C24H31ClN2O. The summed E-state index contributed by atoms with van der Waals surface area (Å²) in [4.78, 5) is 4.79. The molecule has 1 saturated carbocycles. The molecule has 3 nitrogen and oxygen atoms in total. The Morgan fingerprint density at radius 2 is 1.82 bits per heavy atom. The van der Waals surface area contributed by atoms with Crippen LogP contribution in [0.4, 0.5) is 0 Å². The van der Waals surface area contributed by atoms with E-state index >= 15 is 0 Å². The van der Waals surface area contributed by atoms with Gasteiger partial charge in [-0.15, -0.1) is 0 Å². The van der Waals surface area contributed by atoms with Crippen molar-refractivity contribution < 1.29 is 4.74 Å². The second-order valence-corrected chi connectivity index (χ2v) is 8.97. The molecule has 28 heavy (non-hydrogen) atoms. The minimum atomic E-state index is 0.0963. The lowest BCUT2D eigenvalue weighted by Crippen LogP contribution is -2.47. The highest BCUT2D eigenvalue weighted by molar-refractivity contribution is 6.30. The molecule has 1 N–H and O–H groups in total. The van der Waals surface area contributed by atoms with E-state index in [1.807, 2.05) is 24.4 Å². The average Bonchev–Trinajstić information content (AvgIpc) is 3.17. The van der Waals surface area contributed by atoms with E-state index in [2.05, 4.69) is 29.6 Å². The van der Waals surface area contributed by atoms with Gasteiger partial charge in [-0.1, -0.05) is 42.6 Å². The van der Waals surface area contributed by atoms with Crippen molar-refractivity contribution in [1.29, 1.82) is 0 Å². The number of halogens is 1. The lowest BCUT2D eigenvalue weighted by atomic mass is 9.68. The van der Waals surface area contributed by atoms with Crippen LogP contribution in [0.5, 0.6) is 0 Å². The summed E-state index contributed by atoms with van der Waals surface area (Å²) in [5.41, 5.74) is 2.81. The second-order valence-electron chi connectivity index (χ2n) is 8.54. The van der Waals surface area contributed by atoms with Crippen LogP contribution in [-0.4, -0.2) is 30.3 Å². The molecule has 1 atom stereocenters. The van der Waals surface area contributed by atoms with Gasteiger partial charge in [-0.05, 0) is 81.4 Å². The SMILES string of the molecule is Clc1ccc(CCNCC[C@@]2(c3ccccn3)CCOC3(CCCC3)C2)cc1. The zero-order chi connectivity index (χ0) is 19.3. The molecule has 150 valence electrons. The summed E-state index contributed by atoms with van der Waals surface area (Å²) in [5.74, 6) is 0. The molecule has 1 aliphatic heterocycles. The summed E-state index contributed by atoms with van der Waals surface area (Å²) >= 11 is 5.97. The largest absolute Gasteiger partial charge is 0.375 e. The number of aromatic nitrogens is 1. The van der Waals surface area contributed by atoms with Crippen molar-refractivity contribution in [3.05, 3.63) is 64.9 Å².